The van der Waals surface area contributed by atoms with E-state index in [9.17, 15) is 10.1 Å². The summed E-state index contributed by atoms with van der Waals surface area (Å²) in [5, 5.41) is 25.1. The van der Waals surface area contributed by atoms with Crippen molar-refractivity contribution in [3.8, 4) is 17.5 Å². The van der Waals surface area contributed by atoms with Gasteiger partial charge in [0.2, 0.25) is 11.7 Å². The highest BCUT2D eigenvalue weighted by molar-refractivity contribution is 7.98. The maximum Gasteiger partial charge on any atom is 0.248 e. The molecule has 3 aromatic rings. The van der Waals surface area contributed by atoms with Crippen molar-refractivity contribution in [1.82, 2.24) is 20.2 Å². The van der Waals surface area contributed by atoms with E-state index in [4.69, 9.17) is 0 Å². The molecule has 0 fully saturated rings. The van der Waals surface area contributed by atoms with E-state index in [-0.39, 0.29) is 12.5 Å². The number of rotatable bonds is 5. The minimum absolute atomic E-state index is 0.0523. The van der Waals surface area contributed by atoms with Crippen molar-refractivity contribution >= 4 is 34.0 Å². The Morgan fingerprint density at radius 1 is 1.37 bits per heavy atom. The zero-order valence-corrected chi connectivity index (χ0v) is 16.2. The van der Waals surface area contributed by atoms with E-state index < -0.39 is 0 Å². The molecule has 0 atom stereocenters. The van der Waals surface area contributed by atoms with Crippen LogP contribution in [0, 0.1) is 11.3 Å². The van der Waals surface area contributed by atoms with E-state index in [1.165, 1.54) is 21.0 Å². The van der Waals surface area contributed by atoms with Gasteiger partial charge in [-0.1, -0.05) is 0 Å². The number of nitriles is 1. The first kappa shape index (κ1) is 17.7. The molecule has 136 valence electrons. The number of carbonyl (C=O) groups is 1. The normalized spacial score (nSPS) is 12.6. The third kappa shape index (κ3) is 3.59. The SMILES string of the molecule is CSc1ccc(-c2nnn(CC(=O)Nc3sc4c(c3C#N)CCC4)n2)cc1. The van der Waals surface area contributed by atoms with Crippen LogP contribution in [0.4, 0.5) is 5.00 Å². The van der Waals surface area contributed by atoms with Crippen molar-refractivity contribution in [2.24, 2.45) is 0 Å². The third-order valence-corrected chi connectivity index (χ3v) is 6.32. The largest absolute Gasteiger partial charge is 0.315 e. The van der Waals surface area contributed by atoms with E-state index in [1.54, 1.807) is 11.8 Å². The van der Waals surface area contributed by atoms with Gasteiger partial charge in [-0.25, -0.2) is 0 Å². The van der Waals surface area contributed by atoms with Gasteiger partial charge in [0.15, 0.2) is 0 Å². The number of fused-ring (bicyclic) bond motifs is 1. The highest BCUT2D eigenvalue weighted by Gasteiger charge is 2.23. The molecule has 2 aromatic heterocycles. The van der Waals surface area contributed by atoms with Gasteiger partial charge < -0.3 is 5.32 Å². The molecule has 1 aliphatic rings. The lowest BCUT2D eigenvalue weighted by Crippen LogP contribution is -2.20. The summed E-state index contributed by atoms with van der Waals surface area (Å²) in [5.41, 5.74) is 2.54. The molecule has 0 spiro atoms. The number of hydrogen-bond acceptors (Lipinski definition) is 7. The van der Waals surface area contributed by atoms with Gasteiger partial charge in [-0.15, -0.1) is 33.3 Å². The predicted octanol–water partition coefficient (Wildman–Crippen LogP) is 3.12. The smallest absolute Gasteiger partial charge is 0.248 e. The maximum absolute atomic E-state index is 12.4. The molecule has 0 bridgehead atoms. The van der Waals surface area contributed by atoms with Crippen LogP contribution < -0.4 is 5.32 Å². The molecule has 0 saturated heterocycles. The molecule has 1 aliphatic carbocycles. The van der Waals surface area contributed by atoms with Crippen LogP contribution in [0.25, 0.3) is 11.4 Å². The lowest BCUT2D eigenvalue weighted by Gasteiger charge is -2.03. The van der Waals surface area contributed by atoms with Crippen LogP contribution >= 0.6 is 23.1 Å². The Kier molecular flexibility index (Phi) is 4.92. The molecule has 4 rings (SSSR count). The second kappa shape index (κ2) is 7.50. The highest BCUT2D eigenvalue weighted by atomic mass is 32.2. The van der Waals surface area contributed by atoms with Crippen molar-refractivity contribution in [3.63, 3.8) is 0 Å². The van der Waals surface area contributed by atoms with Crippen LogP contribution in [-0.4, -0.2) is 32.4 Å². The number of thiophene rings is 1. The first-order chi connectivity index (χ1) is 13.2. The Morgan fingerprint density at radius 3 is 2.93 bits per heavy atom. The fraction of sp³-hybridized carbons (Fsp3) is 0.278. The number of aromatic nitrogens is 4. The molecule has 0 saturated carbocycles. The Bertz CT molecular complexity index is 1030. The third-order valence-electron chi connectivity index (χ3n) is 4.37. The van der Waals surface area contributed by atoms with Gasteiger partial charge in [-0.3, -0.25) is 4.79 Å². The Labute approximate surface area is 164 Å². The summed E-state index contributed by atoms with van der Waals surface area (Å²) in [4.78, 5) is 16.0. The summed E-state index contributed by atoms with van der Waals surface area (Å²) in [6.45, 7) is -0.0523. The Morgan fingerprint density at radius 2 is 2.19 bits per heavy atom. The highest BCUT2D eigenvalue weighted by Crippen LogP contribution is 2.38. The number of carbonyl (C=O) groups excluding carboxylic acids is 1. The van der Waals surface area contributed by atoms with Gasteiger partial charge in [0.05, 0.1) is 5.56 Å². The van der Waals surface area contributed by atoms with Crippen LogP contribution in [0.2, 0.25) is 0 Å². The molecule has 9 heteroatoms. The second-order valence-corrected chi connectivity index (χ2v) is 8.08. The topological polar surface area (TPSA) is 96.5 Å². The predicted molar refractivity (Wildman–Crippen MR) is 105 cm³/mol. The van der Waals surface area contributed by atoms with Crippen molar-refractivity contribution in [1.29, 1.82) is 5.26 Å². The van der Waals surface area contributed by atoms with E-state index >= 15 is 0 Å². The lowest BCUT2D eigenvalue weighted by molar-refractivity contribution is -0.117. The van der Waals surface area contributed by atoms with Crippen molar-refractivity contribution in [3.05, 3.63) is 40.3 Å². The second-order valence-electron chi connectivity index (χ2n) is 6.09. The van der Waals surface area contributed by atoms with Crippen molar-refractivity contribution in [2.75, 3.05) is 11.6 Å². The quantitative estimate of drug-likeness (QED) is 0.666. The molecule has 1 amide bonds. The summed E-state index contributed by atoms with van der Waals surface area (Å²) < 4.78 is 0. The molecular formula is C18H16N6OS2. The zero-order valence-electron chi connectivity index (χ0n) is 14.6. The first-order valence-electron chi connectivity index (χ1n) is 8.44. The maximum atomic E-state index is 12.4. The first-order valence-corrected chi connectivity index (χ1v) is 10.5. The number of aryl methyl sites for hydroxylation is 1. The molecule has 1 aromatic carbocycles. The summed E-state index contributed by atoms with van der Waals surface area (Å²) in [7, 11) is 0. The monoisotopic (exact) mass is 396 g/mol. The van der Waals surface area contributed by atoms with Gasteiger partial charge in [0.25, 0.3) is 0 Å². The Hall–Kier alpha value is -2.70. The average molecular weight is 397 g/mol. The van der Waals surface area contributed by atoms with Gasteiger partial charge in [-0.05, 0) is 60.6 Å². The van der Waals surface area contributed by atoms with Crippen LogP contribution in [0.15, 0.2) is 29.2 Å². The number of tetrazole rings is 1. The molecule has 0 radical (unpaired) electrons. The summed E-state index contributed by atoms with van der Waals surface area (Å²) in [6.07, 6.45) is 4.98. The van der Waals surface area contributed by atoms with Gasteiger partial charge in [0.1, 0.15) is 17.6 Å². The molecule has 27 heavy (non-hydrogen) atoms. The minimum atomic E-state index is -0.270. The van der Waals surface area contributed by atoms with Crippen molar-refractivity contribution in [2.45, 2.75) is 30.7 Å². The standard InChI is InChI=1S/C18H16N6OS2/c1-26-12-7-5-11(6-8-12)17-21-23-24(22-17)10-16(25)20-18-14(9-19)13-3-2-4-15(13)27-18/h5-8H,2-4,10H2,1H3,(H,20,25). The van der Waals surface area contributed by atoms with Gasteiger partial charge >= 0.3 is 0 Å². The number of nitrogens with zero attached hydrogens (tertiary/aromatic N) is 5. The minimum Gasteiger partial charge on any atom is -0.315 e. The molecule has 7 nitrogen and oxygen atoms in total. The zero-order chi connectivity index (χ0) is 18.8. The summed E-state index contributed by atoms with van der Waals surface area (Å²) in [6, 6.07) is 10.1. The number of benzene rings is 1. The number of thioether (sulfide) groups is 1. The summed E-state index contributed by atoms with van der Waals surface area (Å²) >= 11 is 3.16. The van der Waals surface area contributed by atoms with E-state index in [0.717, 1.165) is 35.3 Å². The molecule has 2 heterocycles. The Balaban J connectivity index is 1.45. The van der Waals surface area contributed by atoms with E-state index in [1.807, 2.05) is 30.5 Å². The fourth-order valence-corrected chi connectivity index (χ4v) is 4.74. The molecular weight excluding hydrogens is 380 g/mol. The number of nitrogens with one attached hydrogen (secondary N) is 1. The van der Waals surface area contributed by atoms with Crippen LogP contribution in [0.1, 0.15) is 22.4 Å². The molecule has 1 N–H and O–H groups in total. The lowest BCUT2D eigenvalue weighted by atomic mass is 10.1. The van der Waals surface area contributed by atoms with Crippen LogP contribution in [0.5, 0.6) is 0 Å². The summed E-state index contributed by atoms with van der Waals surface area (Å²) in [5.74, 6) is 0.205. The number of anilines is 1. The average Bonchev–Trinajstić information content (AvgIpc) is 3.38. The van der Waals surface area contributed by atoms with Crippen molar-refractivity contribution < 1.29 is 4.79 Å². The fourth-order valence-electron chi connectivity index (χ4n) is 3.07. The number of hydrogen-bond donors (Lipinski definition) is 1. The number of amides is 1. The van der Waals surface area contributed by atoms with Gasteiger partial charge in [0, 0.05) is 15.3 Å². The van der Waals surface area contributed by atoms with Gasteiger partial charge in [-0.2, -0.15) is 10.1 Å². The molecule has 0 unspecified atom stereocenters. The molecule has 0 aliphatic heterocycles. The van der Waals surface area contributed by atoms with E-state index in [2.05, 4.69) is 26.8 Å². The van der Waals surface area contributed by atoms with Crippen LogP contribution in [0.3, 0.4) is 0 Å². The van der Waals surface area contributed by atoms with Crippen LogP contribution in [-0.2, 0) is 24.2 Å². The van der Waals surface area contributed by atoms with E-state index in [0.29, 0.717) is 16.4 Å².